The normalized spacial score (nSPS) is 26.6. The molecule has 2 N–H and O–H groups in total. The van der Waals surface area contributed by atoms with Gasteiger partial charge in [-0.25, -0.2) is 0 Å². The van der Waals surface area contributed by atoms with Crippen molar-refractivity contribution in [1.29, 1.82) is 0 Å². The standard InChI is InChI=1S/C14H23NO4/c1-13(19,10-16)9-15-11(17)8-14(12(15)18)6-4-2-3-5-7-14/h16,19H,2-10H2,1H3. The summed E-state index contributed by atoms with van der Waals surface area (Å²) in [4.78, 5) is 25.8. The lowest BCUT2D eigenvalue weighted by Crippen LogP contribution is -2.47. The van der Waals surface area contributed by atoms with Crippen LogP contribution >= 0.6 is 0 Å². The van der Waals surface area contributed by atoms with E-state index in [4.69, 9.17) is 5.11 Å². The number of aliphatic hydroxyl groups excluding tert-OH is 1. The van der Waals surface area contributed by atoms with Crippen LogP contribution in [0.15, 0.2) is 0 Å². The second kappa shape index (κ2) is 5.21. The average Bonchev–Trinajstić information content (AvgIpc) is 2.56. The summed E-state index contributed by atoms with van der Waals surface area (Å²) in [6.45, 7) is 0.867. The van der Waals surface area contributed by atoms with Gasteiger partial charge in [-0.05, 0) is 19.8 Å². The summed E-state index contributed by atoms with van der Waals surface area (Å²) in [6.07, 6.45) is 6.04. The molecular weight excluding hydrogens is 246 g/mol. The second-order valence-corrected chi connectivity index (χ2v) is 6.31. The largest absolute Gasteiger partial charge is 0.393 e. The molecule has 2 fully saturated rings. The molecule has 19 heavy (non-hydrogen) atoms. The van der Waals surface area contributed by atoms with E-state index >= 15 is 0 Å². The topological polar surface area (TPSA) is 77.8 Å². The van der Waals surface area contributed by atoms with Crippen LogP contribution in [0.1, 0.15) is 51.9 Å². The number of hydrogen-bond acceptors (Lipinski definition) is 4. The van der Waals surface area contributed by atoms with Crippen LogP contribution in [0, 0.1) is 5.41 Å². The van der Waals surface area contributed by atoms with Gasteiger partial charge in [0, 0.05) is 6.42 Å². The Hall–Kier alpha value is -0.940. The van der Waals surface area contributed by atoms with Gasteiger partial charge in [0.15, 0.2) is 0 Å². The predicted molar refractivity (Wildman–Crippen MR) is 69.2 cm³/mol. The zero-order valence-corrected chi connectivity index (χ0v) is 11.5. The minimum atomic E-state index is -1.42. The fraction of sp³-hybridized carbons (Fsp3) is 0.857. The van der Waals surface area contributed by atoms with Crippen LogP contribution in [0.2, 0.25) is 0 Å². The van der Waals surface area contributed by atoms with Crippen molar-refractivity contribution in [2.45, 2.75) is 57.5 Å². The summed E-state index contributed by atoms with van der Waals surface area (Å²) in [5, 5.41) is 18.9. The molecule has 1 spiro atoms. The van der Waals surface area contributed by atoms with E-state index < -0.39 is 17.6 Å². The lowest BCUT2D eigenvalue weighted by Gasteiger charge is -2.29. The van der Waals surface area contributed by atoms with Crippen molar-refractivity contribution in [1.82, 2.24) is 4.90 Å². The smallest absolute Gasteiger partial charge is 0.236 e. The quantitative estimate of drug-likeness (QED) is 0.744. The predicted octanol–water partition coefficient (Wildman–Crippen LogP) is 0.829. The van der Waals surface area contributed by atoms with Gasteiger partial charge in [-0.3, -0.25) is 14.5 Å². The lowest BCUT2D eigenvalue weighted by molar-refractivity contribution is -0.146. The van der Waals surface area contributed by atoms with Crippen LogP contribution < -0.4 is 0 Å². The van der Waals surface area contributed by atoms with E-state index in [1.54, 1.807) is 0 Å². The van der Waals surface area contributed by atoms with Gasteiger partial charge in [0.2, 0.25) is 11.8 Å². The zero-order chi connectivity index (χ0) is 14.1. The Bertz CT molecular complexity index is 370. The number of carbonyl (C=O) groups is 2. The Morgan fingerprint density at radius 3 is 2.32 bits per heavy atom. The molecule has 5 nitrogen and oxygen atoms in total. The molecule has 2 rings (SSSR count). The highest BCUT2D eigenvalue weighted by Crippen LogP contribution is 2.44. The van der Waals surface area contributed by atoms with Crippen molar-refractivity contribution in [2.75, 3.05) is 13.2 Å². The number of amides is 2. The van der Waals surface area contributed by atoms with E-state index in [1.807, 2.05) is 0 Å². The molecule has 0 aromatic rings. The Labute approximate surface area is 113 Å². The molecule has 108 valence electrons. The highest BCUT2D eigenvalue weighted by atomic mass is 16.3. The van der Waals surface area contributed by atoms with Gasteiger partial charge < -0.3 is 10.2 Å². The third kappa shape index (κ3) is 2.82. The highest BCUT2D eigenvalue weighted by molar-refractivity contribution is 6.06. The molecule has 2 aliphatic rings. The molecule has 5 heteroatoms. The first-order chi connectivity index (χ1) is 8.90. The summed E-state index contributed by atoms with van der Waals surface area (Å²) in [5.74, 6) is -0.353. The van der Waals surface area contributed by atoms with Crippen LogP contribution in [0.4, 0.5) is 0 Å². The number of aliphatic hydroxyl groups is 2. The summed E-state index contributed by atoms with van der Waals surface area (Å²) >= 11 is 0. The molecule has 1 aliphatic heterocycles. The number of β-amino-alcohol motifs (C(OH)–C–C–N with tert-alkyl or cyclic N) is 1. The Kier molecular flexibility index (Phi) is 3.97. The number of likely N-dealkylation sites (tertiary alicyclic amines) is 1. The summed E-state index contributed by atoms with van der Waals surface area (Å²) in [7, 11) is 0. The number of nitrogens with zero attached hydrogens (tertiary/aromatic N) is 1. The minimum Gasteiger partial charge on any atom is -0.393 e. The Morgan fingerprint density at radius 2 is 1.79 bits per heavy atom. The van der Waals surface area contributed by atoms with Crippen molar-refractivity contribution in [3.8, 4) is 0 Å². The number of imide groups is 1. The Balaban J connectivity index is 2.15. The molecule has 1 heterocycles. The van der Waals surface area contributed by atoms with Gasteiger partial charge in [-0.15, -0.1) is 0 Å². The van der Waals surface area contributed by atoms with Crippen molar-refractivity contribution in [3.05, 3.63) is 0 Å². The summed E-state index contributed by atoms with van der Waals surface area (Å²) < 4.78 is 0. The number of hydrogen-bond donors (Lipinski definition) is 2. The molecule has 0 bridgehead atoms. The SMILES string of the molecule is CC(O)(CO)CN1C(=O)CC2(CCCCCC2)C1=O. The van der Waals surface area contributed by atoms with Gasteiger partial charge >= 0.3 is 0 Å². The van der Waals surface area contributed by atoms with E-state index in [0.717, 1.165) is 43.4 Å². The molecule has 0 aromatic carbocycles. The molecule has 0 aromatic heterocycles. The maximum atomic E-state index is 12.6. The van der Waals surface area contributed by atoms with E-state index in [0.29, 0.717) is 0 Å². The van der Waals surface area contributed by atoms with Crippen LogP contribution in [0.5, 0.6) is 0 Å². The number of rotatable bonds is 3. The third-order valence-corrected chi connectivity index (χ3v) is 4.39. The first-order valence-corrected chi connectivity index (χ1v) is 7.08. The van der Waals surface area contributed by atoms with E-state index in [2.05, 4.69) is 0 Å². The van der Waals surface area contributed by atoms with E-state index in [-0.39, 0.29) is 24.8 Å². The van der Waals surface area contributed by atoms with Crippen molar-refractivity contribution >= 4 is 11.8 Å². The van der Waals surface area contributed by atoms with Crippen LogP contribution in [0.25, 0.3) is 0 Å². The lowest BCUT2D eigenvalue weighted by atomic mass is 9.79. The van der Waals surface area contributed by atoms with Crippen LogP contribution in [-0.2, 0) is 9.59 Å². The maximum Gasteiger partial charge on any atom is 0.236 e. The molecule has 1 atom stereocenters. The average molecular weight is 269 g/mol. The summed E-state index contributed by atoms with van der Waals surface area (Å²) in [5.41, 5.74) is -1.94. The monoisotopic (exact) mass is 269 g/mol. The molecule has 0 radical (unpaired) electrons. The van der Waals surface area contributed by atoms with Crippen LogP contribution in [0.3, 0.4) is 0 Å². The van der Waals surface area contributed by atoms with E-state index in [1.165, 1.54) is 6.92 Å². The molecule has 2 amide bonds. The fourth-order valence-electron chi connectivity index (χ4n) is 3.21. The fourth-order valence-corrected chi connectivity index (χ4v) is 3.21. The highest BCUT2D eigenvalue weighted by Gasteiger charge is 2.51. The molecule has 1 unspecified atom stereocenters. The zero-order valence-electron chi connectivity index (χ0n) is 11.5. The maximum absolute atomic E-state index is 12.6. The van der Waals surface area contributed by atoms with Gasteiger partial charge in [0.1, 0.15) is 5.60 Å². The van der Waals surface area contributed by atoms with Crippen molar-refractivity contribution in [2.24, 2.45) is 5.41 Å². The Morgan fingerprint density at radius 1 is 1.21 bits per heavy atom. The van der Waals surface area contributed by atoms with Gasteiger partial charge in [0.25, 0.3) is 0 Å². The molecule has 1 saturated carbocycles. The van der Waals surface area contributed by atoms with E-state index in [9.17, 15) is 14.7 Å². The third-order valence-electron chi connectivity index (χ3n) is 4.39. The molecular formula is C14H23NO4. The second-order valence-electron chi connectivity index (χ2n) is 6.31. The molecule has 1 aliphatic carbocycles. The first kappa shape index (κ1) is 14.5. The molecule has 1 saturated heterocycles. The van der Waals surface area contributed by atoms with Gasteiger partial charge in [-0.2, -0.15) is 0 Å². The van der Waals surface area contributed by atoms with Crippen LogP contribution in [-0.4, -0.2) is 45.7 Å². The number of carbonyl (C=O) groups excluding carboxylic acids is 2. The summed E-state index contributed by atoms with van der Waals surface area (Å²) in [6, 6.07) is 0. The van der Waals surface area contributed by atoms with Gasteiger partial charge in [0.05, 0.1) is 18.6 Å². The minimum absolute atomic E-state index is 0.108. The first-order valence-electron chi connectivity index (χ1n) is 7.08. The van der Waals surface area contributed by atoms with Crippen molar-refractivity contribution < 1.29 is 19.8 Å². The van der Waals surface area contributed by atoms with Gasteiger partial charge in [-0.1, -0.05) is 25.7 Å². The van der Waals surface area contributed by atoms with Crippen molar-refractivity contribution in [3.63, 3.8) is 0 Å².